The predicted molar refractivity (Wildman–Crippen MR) is 136 cm³/mol. The number of thioether (sulfide) groups is 1. The standard InChI is InChI=1S/C26H24N4O3S/c1-32-20-10-7-11-21(33-2)24(20)29-25(31)18-12-14-19(15-13-18)28-26-27-16-22(34-3)23(30-26)17-8-5-4-6-9-17/h4-16H,1-3H3,(H,29,31)(H,27,28,30). The molecule has 0 saturated heterocycles. The van der Waals surface area contributed by atoms with E-state index in [9.17, 15) is 4.79 Å². The van der Waals surface area contributed by atoms with Crippen molar-refractivity contribution in [3.05, 3.63) is 84.6 Å². The molecule has 172 valence electrons. The van der Waals surface area contributed by atoms with Crippen LogP contribution >= 0.6 is 11.8 Å². The molecule has 0 fully saturated rings. The van der Waals surface area contributed by atoms with E-state index in [1.165, 1.54) is 0 Å². The second-order valence-corrected chi connectivity index (χ2v) is 8.02. The van der Waals surface area contributed by atoms with Gasteiger partial charge in [-0.2, -0.15) is 0 Å². The number of aromatic nitrogens is 2. The Balaban J connectivity index is 1.51. The fraction of sp³-hybridized carbons (Fsp3) is 0.115. The minimum Gasteiger partial charge on any atom is -0.494 e. The quantitative estimate of drug-likeness (QED) is 0.310. The topological polar surface area (TPSA) is 85.4 Å². The van der Waals surface area contributed by atoms with Crippen LogP contribution in [0.25, 0.3) is 11.3 Å². The van der Waals surface area contributed by atoms with Crippen LogP contribution in [0, 0.1) is 0 Å². The molecule has 8 heteroatoms. The molecule has 0 saturated carbocycles. The van der Waals surface area contributed by atoms with E-state index in [1.54, 1.807) is 56.3 Å². The summed E-state index contributed by atoms with van der Waals surface area (Å²) in [6, 6.07) is 22.4. The Labute approximate surface area is 202 Å². The monoisotopic (exact) mass is 472 g/mol. The maximum atomic E-state index is 12.8. The maximum absolute atomic E-state index is 12.8. The van der Waals surface area contributed by atoms with Crippen LogP contribution < -0.4 is 20.1 Å². The van der Waals surface area contributed by atoms with Gasteiger partial charge in [-0.15, -0.1) is 11.8 Å². The fourth-order valence-electron chi connectivity index (χ4n) is 3.38. The smallest absolute Gasteiger partial charge is 0.255 e. The zero-order valence-electron chi connectivity index (χ0n) is 19.0. The molecule has 0 aliphatic carbocycles. The summed E-state index contributed by atoms with van der Waals surface area (Å²) in [5.74, 6) is 1.24. The highest BCUT2D eigenvalue weighted by atomic mass is 32.2. The molecule has 3 aromatic carbocycles. The van der Waals surface area contributed by atoms with Gasteiger partial charge in [-0.1, -0.05) is 36.4 Å². The zero-order chi connectivity index (χ0) is 23.9. The number of ether oxygens (including phenoxy) is 2. The summed E-state index contributed by atoms with van der Waals surface area (Å²) in [7, 11) is 3.09. The van der Waals surface area contributed by atoms with Crippen LogP contribution in [0.15, 0.2) is 83.9 Å². The van der Waals surface area contributed by atoms with E-state index in [1.807, 2.05) is 54.9 Å². The van der Waals surface area contributed by atoms with Gasteiger partial charge in [0, 0.05) is 23.0 Å². The molecule has 0 aliphatic heterocycles. The normalized spacial score (nSPS) is 10.4. The van der Waals surface area contributed by atoms with Crippen molar-refractivity contribution in [1.29, 1.82) is 0 Å². The van der Waals surface area contributed by atoms with Crippen molar-refractivity contribution in [2.45, 2.75) is 4.90 Å². The molecule has 34 heavy (non-hydrogen) atoms. The summed E-state index contributed by atoms with van der Waals surface area (Å²) in [5.41, 5.74) is 3.63. The van der Waals surface area contributed by atoms with E-state index < -0.39 is 0 Å². The van der Waals surface area contributed by atoms with E-state index in [0.29, 0.717) is 28.7 Å². The Kier molecular flexibility index (Phi) is 7.29. The number of carbonyl (C=O) groups is 1. The summed E-state index contributed by atoms with van der Waals surface area (Å²) in [5, 5.41) is 6.08. The highest BCUT2D eigenvalue weighted by Crippen LogP contribution is 2.34. The van der Waals surface area contributed by atoms with Gasteiger partial charge < -0.3 is 20.1 Å². The van der Waals surface area contributed by atoms with E-state index in [0.717, 1.165) is 21.8 Å². The van der Waals surface area contributed by atoms with Crippen LogP contribution in [-0.2, 0) is 0 Å². The molecule has 0 spiro atoms. The summed E-state index contributed by atoms with van der Waals surface area (Å²) in [6.07, 6.45) is 3.81. The minimum atomic E-state index is -0.277. The Hall–Kier alpha value is -4.04. The lowest BCUT2D eigenvalue weighted by atomic mass is 10.1. The van der Waals surface area contributed by atoms with Crippen LogP contribution in [0.2, 0.25) is 0 Å². The molecule has 0 aliphatic rings. The van der Waals surface area contributed by atoms with Gasteiger partial charge in [0.25, 0.3) is 5.91 Å². The molecular weight excluding hydrogens is 448 g/mol. The van der Waals surface area contributed by atoms with Gasteiger partial charge >= 0.3 is 0 Å². The van der Waals surface area contributed by atoms with Crippen LogP contribution in [0.5, 0.6) is 11.5 Å². The van der Waals surface area contributed by atoms with Gasteiger partial charge in [0.2, 0.25) is 5.95 Å². The lowest BCUT2D eigenvalue weighted by molar-refractivity contribution is 0.102. The van der Waals surface area contributed by atoms with E-state index in [2.05, 4.69) is 15.6 Å². The Morgan fingerprint density at radius 1 is 0.882 bits per heavy atom. The third kappa shape index (κ3) is 5.13. The van der Waals surface area contributed by atoms with Crippen molar-refractivity contribution in [2.75, 3.05) is 31.1 Å². The first-order chi connectivity index (χ1) is 16.6. The van der Waals surface area contributed by atoms with Crippen LogP contribution in [-0.4, -0.2) is 36.4 Å². The van der Waals surface area contributed by atoms with Crippen molar-refractivity contribution in [2.24, 2.45) is 0 Å². The number of hydrogen-bond donors (Lipinski definition) is 2. The highest BCUT2D eigenvalue weighted by molar-refractivity contribution is 7.98. The molecule has 0 atom stereocenters. The summed E-state index contributed by atoms with van der Waals surface area (Å²) >= 11 is 1.60. The van der Waals surface area contributed by atoms with Crippen molar-refractivity contribution >= 4 is 35.0 Å². The Bertz CT molecular complexity index is 1260. The van der Waals surface area contributed by atoms with Gasteiger partial charge in [-0.25, -0.2) is 9.97 Å². The molecule has 4 aromatic rings. The second-order valence-electron chi connectivity index (χ2n) is 7.17. The average Bonchev–Trinajstić information content (AvgIpc) is 2.89. The van der Waals surface area contributed by atoms with Crippen molar-refractivity contribution in [3.63, 3.8) is 0 Å². The maximum Gasteiger partial charge on any atom is 0.255 e. The van der Waals surface area contributed by atoms with Gasteiger partial charge in [0.1, 0.15) is 17.2 Å². The number of anilines is 3. The first-order valence-corrected chi connectivity index (χ1v) is 11.7. The number of rotatable bonds is 8. The van der Waals surface area contributed by atoms with E-state index >= 15 is 0 Å². The SMILES string of the molecule is COc1cccc(OC)c1NC(=O)c1ccc(Nc2ncc(SC)c(-c3ccccc3)n2)cc1. The predicted octanol–water partition coefficient (Wildman–Crippen LogP) is 5.88. The number of benzene rings is 3. The lowest BCUT2D eigenvalue weighted by Crippen LogP contribution is -2.13. The summed E-state index contributed by atoms with van der Waals surface area (Å²) < 4.78 is 10.7. The lowest BCUT2D eigenvalue weighted by Gasteiger charge is -2.14. The number of nitrogens with zero attached hydrogens (tertiary/aromatic N) is 2. The molecule has 1 heterocycles. The number of hydrogen-bond acceptors (Lipinski definition) is 7. The second kappa shape index (κ2) is 10.7. The minimum absolute atomic E-state index is 0.277. The summed E-state index contributed by atoms with van der Waals surface area (Å²) in [6.45, 7) is 0. The molecule has 1 aromatic heterocycles. The van der Waals surface area contributed by atoms with Gasteiger partial charge in [0.05, 0.1) is 24.8 Å². The van der Waals surface area contributed by atoms with Crippen LogP contribution in [0.3, 0.4) is 0 Å². The summed E-state index contributed by atoms with van der Waals surface area (Å²) in [4.78, 5) is 23.0. The Morgan fingerprint density at radius 2 is 1.56 bits per heavy atom. The highest BCUT2D eigenvalue weighted by Gasteiger charge is 2.15. The van der Waals surface area contributed by atoms with E-state index in [4.69, 9.17) is 14.5 Å². The van der Waals surface area contributed by atoms with Crippen molar-refractivity contribution < 1.29 is 14.3 Å². The first-order valence-electron chi connectivity index (χ1n) is 10.5. The average molecular weight is 473 g/mol. The zero-order valence-corrected chi connectivity index (χ0v) is 19.8. The molecule has 2 N–H and O–H groups in total. The third-order valence-corrected chi connectivity index (χ3v) is 5.83. The van der Waals surface area contributed by atoms with Gasteiger partial charge in [0.15, 0.2) is 0 Å². The molecule has 0 bridgehead atoms. The molecule has 0 unspecified atom stereocenters. The molecule has 0 radical (unpaired) electrons. The van der Waals surface area contributed by atoms with Crippen LogP contribution in [0.4, 0.5) is 17.3 Å². The first kappa shape index (κ1) is 23.1. The van der Waals surface area contributed by atoms with Crippen LogP contribution in [0.1, 0.15) is 10.4 Å². The molecule has 1 amide bonds. The number of methoxy groups -OCH3 is 2. The number of amides is 1. The van der Waals surface area contributed by atoms with Gasteiger partial charge in [-0.3, -0.25) is 4.79 Å². The number of carbonyl (C=O) groups excluding carboxylic acids is 1. The largest absolute Gasteiger partial charge is 0.494 e. The van der Waals surface area contributed by atoms with Crippen molar-refractivity contribution in [3.8, 4) is 22.8 Å². The Morgan fingerprint density at radius 3 is 2.18 bits per heavy atom. The third-order valence-electron chi connectivity index (χ3n) is 5.09. The molecule has 7 nitrogen and oxygen atoms in total. The van der Waals surface area contributed by atoms with Gasteiger partial charge in [-0.05, 0) is 42.7 Å². The number of para-hydroxylation sites is 1. The fourth-order valence-corrected chi connectivity index (χ4v) is 3.89. The molecular formula is C26H24N4O3S. The van der Waals surface area contributed by atoms with E-state index in [-0.39, 0.29) is 5.91 Å². The number of nitrogens with one attached hydrogen (secondary N) is 2. The van der Waals surface area contributed by atoms with Crippen molar-refractivity contribution in [1.82, 2.24) is 9.97 Å². The molecule has 4 rings (SSSR count).